The predicted octanol–water partition coefficient (Wildman–Crippen LogP) is 3.41. The molecule has 1 atom stereocenters. The van der Waals surface area contributed by atoms with E-state index >= 15 is 0 Å². The van der Waals surface area contributed by atoms with Crippen molar-refractivity contribution >= 4 is 22.9 Å². The first-order valence-electron chi connectivity index (χ1n) is 6.07. The minimum absolute atomic E-state index is 0.172. The van der Waals surface area contributed by atoms with E-state index in [1.165, 1.54) is 11.3 Å². The van der Waals surface area contributed by atoms with Gasteiger partial charge in [0.2, 0.25) is 12.5 Å². The van der Waals surface area contributed by atoms with Gasteiger partial charge in [0.1, 0.15) is 0 Å². The number of rotatable bonds is 4. The Morgan fingerprint density at radius 3 is 2.95 bits per heavy atom. The molecule has 3 rings (SSSR count). The van der Waals surface area contributed by atoms with Crippen molar-refractivity contribution in [2.75, 3.05) is 13.9 Å². The Labute approximate surface area is 125 Å². The minimum Gasteiger partial charge on any atom is -0.493 e. The van der Waals surface area contributed by atoms with Gasteiger partial charge in [0.25, 0.3) is 0 Å². The Kier molecular flexibility index (Phi) is 3.74. The molecule has 2 aromatic rings. The van der Waals surface area contributed by atoms with E-state index in [-0.39, 0.29) is 6.79 Å². The lowest BCUT2D eigenvalue weighted by Crippen LogP contribution is -2.01. The zero-order chi connectivity index (χ0) is 14.1. The highest BCUT2D eigenvalue weighted by atomic mass is 35.5. The van der Waals surface area contributed by atoms with E-state index in [0.717, 1.165) is 14.8 Å². The van der Waals surface area contributed by atoms with Crippen LogP contribution in [0.15, 0.2) is 24.3 Å². The molecule has 1 N–H and O–H groups in total. The Morgan fingerprint density at radius 1 is 1.40 bits per heavy atom. The number of benzene rings is 1. The Balaban J connectivity index is 1.86. The first kappa shape index (κ1) is 13.5. The number of aliphatic hydroxyl groups excluding tert-OH is 1. The third kappa shape index (κ3) is 2.57. The van der Waals surface area contributed by atoms with Gasteiger partial charge in [-0.05, 0) is 29.8 Å². The Bertz CT molecular complexity index is 626. The second-order valence-electron chi connectivity index (χ2n) is 4.38. The summed E-state index contributed by atoms with van der Waals surface area (Å²) in [5.74, 6) is 1.75. The molecular formula is C14H13ClO4S. The number of aliphatic hydroxyl groups is 1. The third-order valence-corrected chi connectivity index (χ3v) is 4.34. The highest BCUT2D eigenvalue weighted by molar-refractivity contribution is 7.16. The van der Waals surface area contributed by atoms with Gasteiger partial charge in [0.05, 0.1) is 17.6 Å². The fraction of sp³-hybridized carbons (Fsp3) is 0.286. The smallest absolute Gasteiger partial charge is 0.231 e. The first-order chi connectivity index (χ1) is 9.67. The molecule has 4 nitrogen and oxygen atoms in total. The molecule has 106 valence electrons. The molecule has 0 aliphatic carbocycles. The Hall–Kier alpha value is -1.43. The van der Waals surface area contributed by atoms with Crippen LogP contribution in [0.2, 0.25) is 4.34 Å². The fourth-order valence-electron chi connectivity index (χ4n) is 2.11. The van der Waals surface area contributed by atoms with Crippen LogP contribution < -0.4 is 14.2 Å². The molecule has 1 aliphatic heterocycles. The summed E-state index contributed by atoms with van der Waals surface area (Å²) in [6.07, 6.45) is -0.145. The van der Waals surface area contributed by atoms with Crippen LogP contribution in [0, 0.1) is 0 Å². The molecule has 1 aromatic carbocycles. The predicted molar refractivity (Wildman–Crippen MR) is 77.1 cm³/mol. The average Bonchev–Trinajstić information content (AvgIpc) is 3.06. The summed E-state index contributed by atoms with van der Waals surface area (Å²) < 4.78 is 16.7. The lowest BCUT2D eigenvalue weighted by atomic mass is 10.0. The number of hydrogen-bond acceptors (Lipinski definition) is 5. The van der Waals surface area contributed by atoms with Crippen molar-refractivity contribution in [2.45, 2.75) is 12.5 Å². The molecule has 0 saturated carbocycles. The summed E-state index contributed by atoms with van der Waals surface area (Å²) in [5.41, 5.74) is 0.732. The quantitative estimate of drug-likeness (QED) is 0.940. The largest absolute Gasteiger partial charge is 0.493 e. The van der Waals surface area contributed by atoms with Crippen LogP contribution in [-0.4, -0.2) is 19.0 Å². The van der Waals surface area contributed by atoms with Crippen LogP contribution in [0.25, 0.3) is 0 Å². The van der Waals surface area contributed by atoms with E-state index in [9.17, 15) is 5.11 Å². The van der Waals surface area contributed by atoms with Gasteiger partial charge in [0.15, 0.2) is 11.5 Å². The molecule has 1 aliphatic rings. The summed E-state index contributed by atoms with van der Waals surface area (Å²) >= 11 is 7.36. The Morgan fingerprint density at radius 2 is 2.25 bits per heavy atom. The van der Waals surface area contributed by atoms with Crippen molar-refractivity contribution < 1.29 is 19.3 Å². The van der Waals surface area contributed by atoms with Crippen molar-refractivity contribution in [1.29, 1.82) is 0 Å². The van der Waals surface area contributed by atoms with Gasteiger partial charge in [-0.2, -0.15) is 0 Å². The van der Waals surface area contributed by atoms with Crippen LogP contribution in [0.4, 0.5) is 0 Å². The number of fused-ring (bicyclic) bond motifs is 1. The van der Waals surface area contributed by atoms with Gasteiger partial charge >= 0.3 is 0 Å². The van der Waals surface area contributed by atoms with E-state index in [1.54, 1.807) is 19.2 Å². The molecule has 1 aromatic heterocycles. The summed E-state index contributed by atoms with van der Waals surface area (Å²) in [7, 11) is 1.56. The monoisotopic (exact) mass is 312 g/mol. The lowest BCUT2D eigenvalue weighted by molar-refractivity contribution is 0.170. The maximum Gasteiger partial charge on any atom is 0.231 e. The van der Waals surface area contributed by atoms with Crippen LogP contribution in [0.5, 0.6) is 17.2 Å². The van der Waals surface area contributed by atoms with Crippen molar-refractivity contribution in [3.8, 4) is 17.2 Å². The molecule has 20 heavy (non-hydrogen) atoms. The number of hydrogen-bond donors (Lipinski definition) is 1. The third-order valence-electron chi connectivity index (χ3n) is 3.09. The van der Waals surface area contributed by atoms with E-state index in [1.807, 2.05) is 12.1 Å². The van der Waals surface area contributed by atoms with Crippen LogP contribution in [0.1, 0.15) is 16.5 Å². The van der Waals surface area contributed by atoms with Gasteiger partial charge in [-0.1, -0.05) is 11.6 Å². The van der Waals surface area contributed by atoms with Gasteiger partial charge in [-0.15, -0.1) is 11.3 Å². The summed E-state index contributed by atoms with van der Waals surface area (Å²) in [6, 6.07) is 7.30. The summed E-state index contributed by atoms with van der Waals surface area (Å²) in [6.45, 7) is 0.172. The minimum atomic E-state index is -0.645. The van der Waals surface area contributed by atoms with Gasteiger partial charge in [0, 0.05) is 11.3 Å². The van der Waals surface area contributed by atoms with Crippen LogP contribution in [-0.2, 0) is 6.42 Å². The number of methoxy groups -OCH3 is 1. The molecule has 0 saturated heterocycles. The maximum atomic E-state index is 10.3. The SMILES string of the molecule is COc1cc(C(O)Cc2ccc(Cl)s2)cc2c1OCO2. The maximum absolute atomic E-state index is 10.3. The second-order valence-corrected chi connectivity index (χ2v) is 6.18. The van der Waals surface area contributed by atoms with Crippen molar-refractivity contribution in [3.63, 3.8) is 0 Å². The molecule has 6 heteroatoms. The van der Waals surface area contributed by atoms with Gasteiger partial charge < -0.3 is 19.3 Å². The first-order valence-corrected chi connectivity index (χ1v) is 7.26. The molecule has 0 spiro atoms. The number of thiophene rings is 1. The van der Waals surface area contributed by atoms with Crippen molar-refractivity contribution in [1.82, 2.24) is 0 Å². The molecule has 1 unspecified atom stereocenters. The normalized spacial score (nSPS) is 14.3. The van der Waals surface area contributed by atoms with Crippen LogP contribution >= 0.6 is 22.9 Å². The number of halogens is 1. The zero-order valence-corrected chi connectivity index (χ0v) is 12.3. The molecule has 0 radical (unpaired) electrons. The molecule has 0 fully saturated rings. The zero-order valence-electron chi connectivity index (χ0n) is 10.8. The van der Waals surface area contributed by atoms with Crippen molar-refractivity contribution in [2.24, 2.45) is 0 Å². The van der Waals surface area contributed by atoms with E-state index < -0.39 is 6.10 Å². The molecule has 0 bridgehead atoms. The average molecular weight is 313 g/mol. The summed E-state index contributed by atoms with van der Waals surface area (Å²) in [5, 5.41) is 10.3. The van der Waals surface area contributed by atoms with Gasteiger partial charge in [-0.3, -0.25) is 0 Å². The molecular weight excluding hydrogens is 300 g/mol. The highest BCUT2D eigenvalue weighted by Gasteiger charge is 2.22. The van der Waals surface area contributed by atoms with E-state index in [0.29, 0.717) is 23.7 Å². The van der Waals surface area contributed by atoms with Gasteiger partial charge in [-0.25, -0.2) is 0 Å². The molecule has 0 amide bonds. The van der Waals surface area contributed by atoms with E-state index in [2.05, 4.69) is 0 Å². The topological polar surface area (TPSA) is 47.9 Å². The standard InChI is InChI=1S/C14H13ClO4S/c1-17-11-4-8(5-12-14(11)19-7-18-12)10(16)6-9-2-3-13(15)20-9/h2-5,10,16H,6-7H2,1H3. The van der Waals surface area contributed by atoms with E-state index in [4.69, 9.17) is 25.8 Å². The second kappa shape index (κ2) is 5.52. The number of ether oxygens (including phenoxy) is 3. The molecule has 2 heterocycles. The lowest BCUT2D eigenvalue weighted by Gasteiger charge is -2.13. The van der Waals surface area contributed by atoms with Crippen molar-refractivity contribution in [3.05, 3.63) is 39.0 Å². The highest BCUT2D eigenvalue weighted by Crippen LogP contribution is 2.43. The van der Waals surface area contributed by atoms with Crippen LogP contribution in [0.3, 0.4) is 0 Å². The fourth-order valence-corrected chi connectivity index (χ4v) is 3.24. The summed E-state index contributed by atoms with van der Waals surface area (Å²) in [4.78, 5) is 1.03.